The number of rotatable bonds is 5. The number of anilines is 3. The maximum Gasteiger partial charge on any atom is 0.258 e. The van der Waals surface area contributed by atoms with E-state index in [1.54, 1.807) is 0 Å². The molecule has 1 aromatic heterocycles. The average Bonchev–Trinajstić information content (AvgIpc) is 3.03. The molecular formula is C28H31N7O. The fourth-order valence-corrected chi connectivity index (χ4v) is 4.71. The minimum Gasteiger partial charge on any atom is -0.368 e. The highest BCUT2D eigenvalue weighted by Crippen LogP contribution is 2.29. The summed E-state index contributed by atoms with van der Waals surface area (Å²) in [6.45, 7) is 9.46. The van der Waals surface area contributed by atoms with Crippen molar-refractivity contribution in [3.8, 4) is 11.3 Å². The number of benzene rings is 1. The fourth-order valence-electron chi connectivity index (χ4n) is 4.71. The SMILES string of the molecule is CNc1nc(C)cc(N2CCN(c3ccc(C)c(/N=C(\C)c4c5cccccc-5[nH]c4=O)c3)CC2)n1. The molecule has 1 aromatic carbocycles. The number of nitrogens with one attached hydrogen (secondary N) is 2. The molecule has 2 aliphatic heterocycles. The van der Waals surface area contributed by atoms with Gasteiger partial charge in [-0.3, -0.25) is 9.79 Å². The van der Waals surface area contributed by atoms with Crippen LogP contribution in [0, 0.1) is 13.8 Å². The van der Waals surface area contributed by atoms with Gasteiger partial charge in [0, 0.05) is 61.9 Å². The third-order valence-electron chi connectivity index (χ3n) is 6.66. The standard InChI is InChI=1S/C28H31N7O/c1-18-10-11-21(34-12-14-35(15-13-34)25-16-19(2)30-28(29-4)33-25)17-24(18)31-20(3)26-22-8-6-5-7-9-23(22)32-27(26)36/h5-11,16-17H,12-15H2,1-4H3,(H,32,36)(H,29,30,33)/b31-20+. The molecule has 0 bridgehead atoms. The number of aromatic nitrogens is 3. The molecular weight excluding hydrogens is 450 g/mol. The summed E-state index contributed by atoms with van der Waals surface area (Å²) in [5, 5.41) is 3.04. The first-order valence-corrected chi connectivity index (χ1v) is 12.2. The fraction of sp³-hybridized carbons (Fsp3) is 0.286. The zero-order valence-electron chi connectivity index (χ0n) is 21.2. The van der Waals surface area contributed by atoms with E-state index in [0.717, 1.165) is 65.9 Å². The number of fused-ring (bicyclic) bond motifs is 1. The molecule has 5 rings (SSSR count). The molecule has 3 aliphatic rings. The van der Waals surface area contributed by atoms with E-state index in [-0.39, 0.29) is 5.56 Å². The largest absolute Gasteiger partial charge is 0.368 e. The second-order valence-electron chi connectivity index (χ2n) is 9.15. The highest BCUT2D eigenvalue weighted by atomic mass is 16.1. The molecule has 0 unspecified atom stereocenters. The monoisotopic (exact) mass is 481 g/mol. The highest BCUT2D eigenvalue weighted by molar-refractivity contribution is 6.05. The van der Waals surface area contributed by atoms with E-state index < -0.39 is 0 Å². The van der Waals surface area contributed by atoms with Crippen LogP contribution in [0.15, 0.2) is 64.4 Å². The van der Waals surface area contributed by atoms with Crippen molar-refractivity contribution in [1.29, 1.82) is 0 Å². The van der Waals surface area contributed by atoms with Gasteiger partial charge in [0.15, 0.2) is 0 Å². The van der Waals surface area contributed by atoms with Crippen molar-refractivity contribution in [1.82, 2.24) is 15.0 Å². The minimum atomic E-state index is -0.108. The van der Waals surface area contributed by atoms with E-state index in [1.807, 2.05) is 57.3 Å². The van der Waals surface area contributed by atoms with Crippen molar-refractivity contribution in [2.24, 2.45) is 4.99 Å². The molecule has 2 aromatic rings. The Balaban J connectivity index is 1.37. The zero-order chi connectivity index (χ0) is 25.2. The highest BCUT2D eigenvalue weighted by Gasteiger charge is 2.20. The van der Waals surface area contributed by atoms with E-state index in [1.165, 1.54) is 0 Å². The summed E-state index contributed by atoms with van der Waals surface area (Å²) in [6.07, 6.45) is 0. The molecule has 0 saturated carbocycles. The van der Waals surface area contributed by atoms with Gasteiger partial charge in [-0.15, -0.1) is 0 Å². The molecule has 184 valence electrons. The summed E-state index contributed by atoms with van der Waals surface area (Å²) < 4.78 is 0. The molecule has 2 N–H and O–H groups in total. The van der Waals surface area contributed by atoms with E-state index in [0.29, 0.717) is 17.2 Å². The molecule has 1 fully saturated rings. The van der Waals surface area contributed by atoms with Crippen LogP contribution in [0.3, 0.4) is 0 Å². The lowest BCUT2D eigenvalue weighted by Gasteiger charge is -2.37. The van der Waals surface area contributed by atoms with E-state index in [9.17, 15) is 4.79 Å². The van der Waals surface area contributed by atoms with Crippen molar-refractivity contribution in [3.05, 3.63) is 81.8 Å². The summed E-state index contributed by atoms with van der Waals surface area (Å²) in [5.41, 5.74) is 6.97. The van der Waals surface area contributed by atoms with Crippen molar-refractivity contribution >= 4 is 28.9 Å². The average molecular weight is 482 g/mol. The Morgan fingerprint density at radius 3 is 2.50 bits per heavy atom. The van der Waals surface area contributed by atoms with Crippen LogP contribution in [0.5, 0.6) is 0 Å². The van der Waals surface area contributed by atoms with E-state index in [4.69, 9.17) is 4.99 Å². The second-order valence-corrected chi connectivity index (χ2v) is 9.15. The summed E-state index contributed by atoms with van der Waals surface area (Å²) in [6, 6.07) is 18.1. The van der Waals surface area contributed by atoms with E-state index in [2.05, 4.69) is 55.2 Å². The number of hydrogen-bond acceptors (Lipinski definition) is 7. The molecule has 3 heterocycles. The van der Waals surface area contributed by atoms with Gasteiger partial charge in [-0.1, -0.05) is 30.3 Å². The quantitative estimate of drug-likeness (QED) is 0.411. The molecule has 1 saturated heterocycles. The third-order valence-corrected chi connectivity index (χ3v) is 6.66. The Bertz CT molecular complexity index is 1450. The summed E-state index contributed by atoms with van der Waals surface area (Å²) in [4.78, 5) is 34.3. The maximum absolute atomic E-state index is 12.7. The number of H-pyrrole nitrogens is 1. The Morgan fingerprint density at radius 2 is 1.72 bits per heavy atom. The lowest BCUT2D eigenvalue weighted by Crippen LogP contribution is -2.46. The second kappa shape index (κ2) is 9.81. The van der Waals surface area contributed by atoms with Gasteiger partial charge >= 0.3 is 0 Å². The molecule has 8 nitrogen and oxygen atoms in total. The number of aromatic amines is 1. The van der Waals surface area contributed by atoms with Gasteiger partial charge in [0.05, 0.1) is 17.0 Å². The smallest absolute Gasteiger partial charge is 0.258 e. The van der Waals surface area contributed by atoms with Crippen LogP contribution in [0.25, 0.3) is 11.3 Å². The molecule has 8 heteroatoms. The first-order chi connectivity index (χ1) is 17.4. The molecule has 0 spiro atoms. The number of nitrogens with zero attached hydrogens (tertiary/aromatic N) is 5. The predicted octanol–water partition coefficient (Wildman–Crippen LogP) is 4.40. The molecule has 0 amide bonds. The molecule has 0 radical (unpaired) electrons. The zero-order valence-corrected chi connectivity index (χ0v) is 21.2. The topological polar surface area (TPSA) is 89.5 Å². The lowest BCUT2D eigenvalue weighted by atomic mass is 10.1. The Labute approximate surface area is 211 Å². The molecule has 36 heavy (non-hydrogen) atoms. The van der Waals surface area contributed by atoms with Crippen LogP contribution < -0.4 is 20.7 Å². The van der Waals surface area contributed by atoms with Crippen LogP contribution in [0.2, 0.25) is 0 Å². The van der Waals surface area contributed by atoms with Gasteiger partial charge in [-0.2, -0.15) is 4.98 Å². The molecule has 0 atom stereocenters. The van der Waals surface area contributed by atoms with Gasteiger partial charge in [0.2, 0.25) is 5.95 Å². The number of piperazine rings is 1. The van der Waals surface area contributed by atoms with Gasteiger partial charge in [0.25, 0.3) is 5.56 Å². The Hall–Kier alpha value is -4.20. The summed E-state index contributed by atoms with van der Waals surface area (Å²) in [7, 11) is 1.84. The Kier molecular flexibility index (Phi) is 6.41. The number of hydrogen-bond donors (Lipinski definition) is 2. The van der Waals surface area contributed by atoms with Crippen LogP contribution >= 0.6 is 0 Å². The van der Waals surface area contributed by atoms with E-state index >= 15 is 0 Å². The van der Waals surface area contributed by atoms with Crippen molar-refractivity contribution < 1.29 is 0 Å². The van der Waals surface area contributed by atoms with Gasteiger partial charge in [-0.05, 0) is 44.5 Å². The number of aliphatic imine (C=N–C) groups is 1. The van der Waals surface area contributed by atoms with Gasteiger partial charge in [-0.25, -0.2) is 4.98 Å². The van der Waals surface area contributed by atoms with Gasteiger partial charge < -0.3 is 20.1 Å². The van der Waals surface area contributed by atoms with Crippen LogP contribution in [-0.2, 0) is 0 Å². The predicted molar refractivity (Wildman–Crippen MR) is 147 cm³/mol. The normalized spacial score (nSPS) is 14.4. The first kappa shape index (κ1) is 23.5. The molecule has 1 aliphatic carbocycles. The summed E-state index contributed by atoms with van der Waals surface area (Å²) in [5.74, 6) is 1.60. The maximum atomic E-state index is 12.7. The third kappa shape index (κ3) is 4.66. The van der Waals surface area contributed by atoms with Crippen molar-refractivity contribution in [3.63, 3.8) is 0 Å². The van der Waals surface area contributed by atoms with Crippen molar-refractivity contribution in [2.75, 3.05) is 48.3 Å². The van der Waals surface area contributed by atoms with Gasteiger partial charge in [0.1, 0.15) is 5.82 Å². The number of aryl methyl sites for hydroxylation is 2. The van der Waals surface area contributed by atoms with Crippen molar-refractivity contribution in [2.45, 2.75) is 20.8 Å². The first-order valence-electron chi connectivity index (χ1n) is 12.2. The lowest BCUT2D eigenvalue weighted by molar-refractivity contribution is 0.646. The minimum absolute atomic E-state index is 0.108. The van der Waals surface area contributed by atoms with Crippen LogP contribution in [-0.4, -0.2) is 53.9 Å². The van der Waals surface area contributed by atoms with Crippen LogP contribution in [0.4, 0.5) is 23.1 Å². The Morgan fingerprint density at radius 1 is 0.972 bits per heavy atom. The summed E-state index contributed by atoms with van der Waals surface area (Å²) >= 11 is 0. The van der Waals surface area contributed by atoms with Crippen LogP contribution in [0.1, 0.15) is 23.7 Å².